The summed E-state index contributed by atoms with van der Waals surface area (Å²) in [7, 11) is 0. The molecule has 2 aliphatic rings. The van der Waals surface area contributed by atoms with Gasteiger partial charge in [0.15, 0.2) is 0 Å². The lowest BCUT2D eigenvalue weighted by molar-refractivity contribution is 0.0925. The minimum Gasteiger partial charge on any atom is -0.346 e. The lowest BCUT2D eigenvalue weighted by atomic mass is 9.90. The van der Waals surface area contributed by atoms with E-state index in [0.717, 1.165) is 16.8 Å². The average Bonchev–Trinajstić information content (AvgIpc) is 2.58. The van der Waals surface area contributed by atoms with E-state index in [1.807, 2.05) is 6.07 Å². The Kier molecular flexibility index (Phi) is 3.11. The number of carbonyl (C=O) groups excluding carboxylic acids is 1. The zero-order valence-corrected chi connectivity index (χ0v) is 12.2. The van der Waals surface area contributed by atoms with Crippen molar-refractivity contribution < 1.29 is 9.18 Å². The highest BCUT2D eigenvalue weighted by atomic mass is 19.1. The Bertz CT molecular complexity index is 791. The lowest BCUT2D eigenvalue weighted by Crippen LogP contribution is -2.49. The maximum Gasteiger partial charge on any atom is 0.255 e. The molecule has 0 saturated carbocycles. The number of benzene rings is 2. The smallest absolute Gasteiger partial charge is 0.255 e. The van der Waals surface area contributed by atoms with Crippen LogP contribution in [-0.4, -0.2) is 12.5 Å². The molecule has 0 radical (unpaired) electrons. The molecule has 4 rings (SSSR count). The molecule has 1 N–H and O–H groups in total. The molecule has 0 aliphatic carbocycles. The monoisotopic (exact) mass is 311 g/mol. The number of hydrogen-bond acceptors (Lipinski definition) is 4. The van der Waals surface area contributed by atoms with Crippen LogP contribution in [-0.2, 0) is 0 Å². The van der Waals surface area contributed by atoms with Crippen molar-refractivity contribution in [2.45, 2.75) is 18.6 Å². The fourth-order valence-corrected chi connectivity index (χ4v) is 3.42. The van der Waals surface area contributed by atoms with Crippen LogP contribution >= 0.6 is 0 Å². The number of para-hydroxylation sites is 1. The van der Waals surface area contributed by atoms with Crippen LogP contribution in [0.4, 0.5) is 10.1 Å². The van der Waals surface area contributed by atoms with Gasteiger partial charge in [-0.2, -0.15) is 4.91 Å². The number of carbonyl (C=O) groups is 1. The molecule has 23 heavy (non-hydrogen) atoms. The largest absolute Gasteiger partial charge is 0.346 e. The van der Waals surface area contributed by atoms with Gasteiger partial charge < -0.3 is 10.2 Å². The molecule has 6 heteroatoms. The van der Waals surface area contributed by atoms with Gasteiger partial charge in [0.25, 0.3) is 5.91 Å². The first kappa shape index (κ1) is 13.9. The molecule has 2 aromatic rings. The van der Waals surface area contributed by atoms with Crippen LogP contribution in [0.5, 0.6) is 0 Å². The Hall–Kier alpha value is -2.76. The number of nitrogens with zero attached hydrogens (tertiary/aromatic N) is 2. The van der Waals surface area contributed by atoms with Crippen molar-refractivity contribution in [3.8, 4) is 0 Å². The van der Waals surface area contributed by atoms with Gasteiger partial charge in [0.2, 0.25) is 0 Å². The van der Waals surface area contributed by atoms with E-state index < -0.39 is 6.04 Å². The average molecular weight is 311 g/mol. The van der Waals surface area contributed by atoms with Crippen molar-refractivity contribution in [1.29, 1.82) is 0 Å². The molecule has 0 fully saturated rings. The van der Waals surface area contributed by atoms with Gasteiger partial charge in [-0.1, -0.05) is 29.4 Å². The summed E-state index contributed by atoms with van der Waals surface area (Å²) in [5, 5.41) is 6.16. The Balaban J connectivity index is 1.85. The summed E-state index contributed by atoms with van der Waals surface area (Å²) in [6.45, 7) is 0.600. The van der Waals surface area contributed by atoms with Crippen LogP contribution in [0.15, 0.2) is 47.6 Å². The van der Waals surface area contributed by atoms with E-state index in [1.54, 1.807) is 24.3 Å². The summed E-state index contributed by atoms with van der Waals surface area (Å²) >= 11 is 0. The van der Waals surface area contributed by atoms with Gasteiger partial charge >= 0.3 is 0 Å². The van der Waals surface area contributed by atoms with E-state index in [0.29, 0.717) is 18.5 Å². The first-order valence-electron chi connectivity index (χ1n) is 7.47. The molecular weight excluding hydrogens is 297 g/mol. The summed E-state index contributed by atoms with van der Waals surface area (Å²) in [5.41, 5.74) is 2.90. The third-order valence-electron chi connectivity index (χ3n) is 4.49. The number of nitroso groups, excluding NO2 is 1. The zero-order chi connectivity index (χ0) is 16.0. The van der Waals surface area contributed by atoms with Gasteiger partial charge in [0.1, 0.15) is 18.0 Å². The van der Waals surface area contributed by atoms with Crippen molar-refractivity contribution in [2.24, 2.45) is 5.18 Å². The van der Waals surface area contributed by atoms with Crippen LogP contribution in [0.25, 0.3) is 0 Å². The predicted octanol–water partition coefficient (Wildman–Crippen LogP) is 3.29. The molecule has 5 nitrogen and oxygen atoms in total. The van der Waals surface area contributed by atoms with Crippen molar-refractivity contribution in [3.63, 3.8) is 0 Å². The quantitative estimate of drug-likeness (QED) is 0.866. The predicted molar refractivity (Wildman–Crippen MR) is 83.5 cm³/mol. The molecule has 0 saturated heterocycles. The van der Waals surface area contributed by atoms with E-state index >= 15 is 0 Å². The SMILES string of the molecule is O=NC1CCN2c3c(cccc31)C(=O)NC2c1ccc(F)cc1. The summed E-state index contributed by atoms with van der Waals surface area (Å²) in [5.74, 6) is -0.514. The summed E-state index contributed by atoms with van der Waals surface area (Å²) in [4.78, 5) is 25.6. The molecule has 1 amide bonds. The van der Waals surface area contributed by atoms with Gasteiger partial charge in [-0.05, 0) is 30.2 Å². The fourth-order valence-electron chi connectivity index (χ4n) is 3.42. The normalized spacial score (nSPS) is 22.3. The molecular formula is C17H14FN3O2. The molecule has 2 aromatic carbocycles. The first-order chi connectivity index (χ1) is 11.2. The van der Waals surface area contributed by atoms with E-state index in [4.69, 9.17) is 0 Å². The zero-order valence-electron chi connectivity index (χ0n) is 12.2. The Labute approximate surface area is 132 Å². The number of anilines is 1. The second-order valence-electron chi connectivity index (χ2n) is 5.77. The summed E-state index contributed by atoms with van der Waals surface area (Å²) < 4.78 is 13.2. The second kappa shape index (κ2) is 5.15. The van der Waals surface area contributed by atoms with E-state index in [2.05, 4.69) is 15.4 Å². The number of rotatable bonds is 2. The van der Waals surface area contributed by atoms with Gasteiger partial charge in [-0.3, -0.25) is 4.79 Å². The molecule has 2 aliphatic heterocycles. The van der Waals surface area contributed by atoms with Crippen LogP contribution in [0.3, 0.4) is 0 Å². The van der Waals surface area contributed by atoms with Crippen molar-refractivity contribution in [3.05, 3.63) is 69.9 Å². The lowest BCUT2D eigenvalue weighted by Gasteiger charge is -2.43. The molecule has 2 heterocycles. The van der Waals surface area contributed by atoms with Gasteiger partial charge in [0.05, 0.1) is 11.3 Å². The number of amides is 1. The Morgan fingerprint density at radius 2 is 1.96 bits per heavy atom. The highest BCUT2D eigenvalue weighted by molar-refractivity contribution is 6.03. The first-order valence-corrected chi connectivity index (χ1v) is 7.47. The molecule has 0 aromatic heterocycles. The highest BCUT2D eigenvalue weighted by Gasteiger charge is 2.38. The van der Waals surface area contributed by atoms with E-state index in [9.17, 15) is 14.1 Å². The molecule has 0 bridgehead atoms. The molecule has 2 unspecified atom stereocenters. The topological polar surface area (TPSA) is 61.8 Å². The van der Waals surface area contributed by atoms with Crippen LogP contribution in [0, 0.1) is 10.7 Å². The number of hydrogen-bond donors (Lipinski definition) is 1. The van der Waals surface area contributed by atoms with E-state index in [-0.39, 0.29) is 17.9 Å². The maximum atomic E-state index is 13.2. The van der Waals surface area contributed by atoms with Crippen molar-refractivity contribution >= 4 is 11.6 Å². The van der Waals surface area contributed by atoms with Gasteiger partial charge in [0, 0.05) is 12.1 Å². The summed E-state index contributed by atoms with van der Waals surface area (Å²) in [6, 6.07) is 11.0. The number of halogens is 1. The third kappa shape index (κ3) is 2.10. The molecule has 2 atom stereocenters. The van der Waals surface area contributed by atoms with Crippen molar-refractivity contribution in [2.75, 3.05) is 11.4 Å². The Morgan fingerprint density at radius 3 is 2.70 bits per heavy atom. The number of nitrogens with one attached hydrogen (secondary N) is 1. The van der Waals surface area contributed by atoms with Gasteiger partial charge in [-0.25, -0.2) is 4.39 Å². The molecule has 0 spiro atoms. The van der Waals surface area contributed by atoms with Crippen molar-refractivity contribution in [1.82, 2.24) is 5.32 Å². The highest BCUT2D eigenvalue weighted by Crippen LogP contribution is 2.43. The van der Waals surface area contributed by atoms with Crippen LogP contribution in [0.1, 0.15) is 40.1 Å². The molecule has 116 valence electrons. The van der Waals surface area contributed by atoms with Crippen LogP contribution < -0.4 is 10.2 Å². The third-order valence-corrected chi connectivity index (χ3v) is 4.49. The second-order valence-corrected chi connectivity index (χ2v) is 5.77. The minimum absolute atomic E-state index is 0.195. The standard InChI is InChI=1S/C17H14FN3O2/c18-11-6-4-10(5-7-11)16-19-17(22)13-3-1-2-12-14(20-23)8-9-21(16)15(12)13/h1-7,14,16H,8-9H2,(H,19,22). The Morgan fingerprint density at radius 1 is 1.17 bits per heavy atom. The van der Waals surface area contributed by atoms with E-state index in [1.165, 1.54) is 12.1 Å². The summed E-state index contributed by atoms with van der Waals surface area (Å²) in [6.07, 6.45) is 0.220. The fraction of sp³-hybridized carbons (Fsp3) is 0.235. The minimum atomic E-state index is -0.430. The van der Waals surface area contributed by atoms with Gasteiger partial charge in [-0.15, -0.1) is 0 Å². The maximum absolute atomic E-state index is 13.2. The van der Waals surface area contributed by atoms with Crippen LogP contribution in [0.2, 0.25) is 0 Å².